The largest absolute Gasteiger partial charge is 0.497 e. The molecule has 0 aliphatic rings. The van der Waals surface area contributed by atoms with Gasteiger partial charge in [-0.05, 0) is 18.5 Å². The van der Waals surface area contributed by atoms with E-state index in [4.69, 9.17) is 16.3 Å². The summed E-state index contributed by atoms with van der Waals surface area (Å²) in [6, 6.07) is 3.24. The van der Waals surface area contributed by atoms with Gasteiger partial charge in [-0.2, -0.15) is 0 Å². The summed E-state index contributed by atoms with van der Waals surface area (Å²) in [6.45, 7) is 1.55. The summed E-state index contributed by atoms with van der Waals surface area (Å²) >= 11 is 6.08. The first-order chi connectivity index (χ1) is 11.4. The molecule has 4 nitrogen and oxygen atoms in total. The molecule has 0 radical (unpaired) electrons. The molecule has 0 aliphatic heterocycles. The van der Waals surface area contributed by atoms with Crippen molar-refractivity contribution in [1.82, 2.24) is 14.5 Å². The monoisotopic (exact) mass is 353 g/mol. The van der Waals surface area contributed by atoms with Gasteiger partial charge in [0.15, 0.2) is 0 Å². The Morgan fingerprint density at radius 3 is 2.33 bits per heavy atom. The molecule has 0 unspecified atom stereocenters. The minimum atomic E-state index is -0.850. The lowest BCUT2D eigenvalue weighted by molar-refractivity contribution is 0.407. The van der Waals surface area contributed by atoms with Crippen molar-refractivity contribution in [1.29, 1.82) is 0 Å². The Labute approximate surface area is 140 Å². The molecule has 3 aromatic rings. The first-order valence-electron chi connectivity index (χ1n) is 6.81. The summed E-state index contributed by atoms with van der Waals surface area (Å²) in [7, 11) is 1.30. The number of aryl methyl sites for hydroxylation is 1. The molecule has 0 saturated carbocycles. The molecule has 0 amide bonds. The standard InChI is InChI=1S/C16H11ClF3N3O/c1-8-15(14-12(19)4-11(24-2)5-13(14)20)23(16(17)22-8)10-3-9(18)6-21-7-10/h3-7H,1-2H3. The van der Waals surface area contributed by atoms with Gasteiger partial charge < -0.3 is 4.74 Å². The van der Waals surface area contributed by atoms with E-state index in [0.29, 0.717) is 0 Å². The lowest BCUT2D eigenvalue weighted by Gasteiger charge is -2.12. The Hall–Kier alpha value is -2.54. The summed E-state index contributed by atoms with van der Waals surface area (Å²) < 4.78 is 48.5. The van der Waals surface area contributed by atoms with Gasteiger partial charge in [0.25, 0.3) is 0 Å². The number of hydrogen-bond acceptors (Lipinski definition) is 3. The minimum absolute atomic E-state index is 0.0380. The van der Waals surface area contributed by atoms with E-state index < -0.39 is 17.5 Å². The minimum Gasteiger partial charge on any atom is -0.497 e. The summed E-state index contributed by atoms with van der Waals surface area (Å²) in [4.78, 5) is 7.76. The van der Waals surface area contributed by atoms with E-state index in [0.717, 1.165) is 24.4 Å². The molecule has 0 bridgehead atoms. The number of ether oxygens (including phenoxy) is 1. The Morgan fingerprint density at radius 1 is 1.08 bits per heavy atom. The van der Waals surface area contributed by atoms with Gasteiger partial charge in [-0.3, -0.25) is 9.55 Å². The molecule has 0 fully saturated rings. The van der Waals surface area contributed by atoms with Crippen LogP contribution >= 0.6 is 11.6 Å². The lowest BCUT2D eigenvalue weighted by Crippen LogP contribution is -2.03. The van der Waals surface area contributed by atoms with Gasteiger partial charge in [0, 0.05) is 18.2 Å². The van der Waals surface area contributed by atoms with Crippen molar-refractivity contribution >= 4 is 11.6 Å². The fourth-order valence-electron chi connectivity index (χ4n) is 2.44. The Bertz CT molecular complexity index is 904. The van der Waals surface area contributed by atoms with Crippen LogP contribution in [0.2, 0.25) is 5.28 Å². The zero-order valence-electron chi connectivity index (χ0n) is 12.6. The van der Waals surface area contributed by atoms with Gasteiger partial charge in [0.2, 0.25) is 5.28 Å². The number of pyridine rings is 1. The van der Waals surface area contributed by atoms with Crippen molar-refractivity contribution in [3.05, 3.63) is 59.0 Å². The van der Waals surface area contributed by atoms with Gasteiger partial charge >= 0.3 is 0 Å². The summed E-state index contributed by atoms with van der Waals surface area (Å²) in [5.41, 5.74) is 0.222. The molecular formula is C16H11ClF3N3O. The second-order valence-corrected chi connectivity index (χ2v) is 5.32. The van der Waals surface area contributed by atoms with Crippen molar-refractivity contribution in [3.63, 3.8) is 0 Å². The number of rotatable bonds is 3. The van der Waals surface area contributed by atoms with Crippen LogP contribution in [0.25, 0.3) is 16.9 Å². The highest BCUT2D eigenvalue weighted by Gasteiger charge is 2.23. The number of benzene rings is 1. The number of halogens is 4. The first kappa shape index (κ1) is 16.3. The van der Waals surface area contributed by atoms with Crippen molar-refractivity contribution < 1.29 is 17.9 Å². The quantitative estimate of drug-likeness (QED) is 0.704. The topological polar surface area (TPSA) is 39.9 Å². The van der Waals surface area contributed by atoms with Gasteiger partial charge in [0.05, 0.1) is 42.1 Å². The summed E-state index contributed by atoms with van der Waals surface area (Å²) in [5, 5.41) is -0.0653. The van der Waals surface area contributed by atoms with Crippen LogP contribution in [0.3, 0.4) is 0 Å². The predicted molar refractivity (Wildman–Crippen MR) is 83.0 cm³/mol. The fraction of sp³-hybridized carbons (Fsp3) is 0.125. The molecule has 0 atom stereocenters. The first-order valence-corrected chi connectivity index (χ1v) is 7.19. The van der Waals surface area contributed by atoms with Gasteiger partial charge in [-0.1, -0.05) is 0 Å². The highest BCUT2D eigenvalue weighted by Crippen LogP contribution is 2.35. The average Bonchev–Trinajstić information content (AvgIpc) is 2.81. The van der Waals surface area contributed by atoms with Crippen LogP contribution in [0.4, 0.5) is 13.2 Å². The molecule has 0 N–H and O–H groups in total. The second kappa shape index (κ2) is 6.16. The molecule has 0 aliphatic carbocycles. The van der Waals surface area contributed by atoms with Crippen LogP contribution in [-0.2, 0) is 0 Å². The maximum absolute atomic E-state index is 14.5. The molecule has 8 heteroatoms. The van der Waals surface area contributed by atoms with E-state index in [-0.39, 0.29) is 33.7 Å². The zero-order valence-corrected chi connectivity index (χ0v) is 13.4. The van der Waals surface area contributed by atoms with E-state index in [1.54, 1.807) is 6.92 Å². The van der Waals surface area contributed by atoms with E-state index in [1.165, 1.54) is 17.9 Å². The smallest absolute Gasteiger partial charge is 0.208 e. The van der Waals surface area contributed by atoms with Crippen LogP contribution in [0.5, 0.6) is 5.75 Å². The normalized spacial score (nSPS) is 10.9. The van der Waals surface area contributed by atoms with Crippen LogP contribution in [0.1, 0.15) is 5.69 Å². The number of imidazole rings is 1. The molecule has 0 spiro atoms. The molecule has 24 heavy (non-hydrogen) atoms. The Kier molecular flexibility index (Phi) is 4.19. The van der Waals surface area contributed by atoms with Gasteiger partial charge in [0.1, 0.15) is 23.2 Å². The summed E-state index contributed by atoms with van der Waals surface area (Å²) in [6.07, 6.45) is 2.33. The maximum atomic E-state index is 14.5. The van der Waals surface area contributed by atoms with Crippen molar-refractivity contribution in [3.8, 4) is 22.7 Å². The Morgan fingerprint density at radius 2 is 1.75 bits per heavy atom. The van der Waals surface area contributed by atoms with Crippen LogP contribution in [-0.4, -0.2) is 21.6 Å². The van der Waals surface area contributed by atoms with Gasteiger partial charge in [-0.15, -0.1) is 0 Å². The third kappa shape index (κ3) is 2.71. The number of aromatic nitrogens is 3. The number of methoxy groups -OCH3 is 1. The summed E-state index contributed by atoms with van der Waals surface area (Å²) in [5.74, 6) is -2.28. The molecule has 3 rings (SSSR count). The predicted octanol–water partition coefficient (Wildman–Crippen LogP) is 4.32. The molecule has 0 saturated heterocycles. The van der Waals surface area contributed by atoms with E-state index in [2.05, 4.69) is 9.97 Å². The highest BCUT2D eigenvalue weighted by atomic mass is 35.5. The molecule has 124 valence electrons. The van der Waals surface area contributed by atoms with E-state index >= 15 is 0 Å². The van der Waals surface area contributed by atoms with E-state index in [1.807, 2.05) is 0 Å². The lowest BCUT2D eigenvalue weighted by atomic mass is 10.1. The number of hydrogen-bond donors (Lipinski definition) is 0. The zero-order chi connectivity index (χ0) is 17.4. The molecule has 1 aromatic carbocycles. The van der Waals surface area contributed by atoms with Crippen LogP contribution in [0.15, 0.2) is 30.6 Å². The van der Waals surface area contributed by atoms with Crippen LogP contribution in [0, 0.1) is 24.4 Å². The third-order valence-corrected chi connectivity index (χ3v) is 3.70. The SMILES string of the molecule is COc1cc(F)c(-c2c(C)nc(Cl)n2-c2cncc(F)c2)c(F)c1. The highest BCUT2D eigenvalue weighted by molar-refractivity contribution is 6.29. The fourth-order valence-corrected chi connectivity index (χ4v) is 2.75. The molecule has 2 heterocycles. The third-order valence-electron chi connectivity index (χ3n) is 3.45. The van der Waals surface area contributed by atoms with Crippen molar-refractivity contribution in [2.24, 2.45) is 0 Å². The average molecular weight is 354 g/mol. The second-order valence-electron chi connectivity index (χ2n) is 4.98. The Balaban J connectivity index is 2.31. The van der Waals surface area contributed by atoms with Crippen LogP contribution < -0.4 is 4.74 Å². The molecule has 2 aromatic heterocycles. The molecular weight excluding hydrogens is 343 g/mol. The van der Waals surface area contributed by atoms with Gasteiger partial charge in [-0.25, -0.2) is 18.2 Å². The maximum Gasteiger partial charge on any atom is 0.208 e. The van der Waals surface area contributed by atoms with Crippen molar-refractivity contribution in [2.45, 2.75) is 6.92 Å². The number of nitrogens with zero attached hydrogens (tertiary/aromatic N) is 3. The van der Waals surface area contributed by atoms with E-state index in [9.17, 15) is 13.2 Å². The van der Waals surface area contributed by atoms with Crippen molar-refractivity contribution in [2.75, 3.05) is 7.11 Å².